The molecule has 134 valence electrons. The number of hydrogen-bond acceptors (Lipinski definition) is 4. The van der Waals surface area contributed by atoms with Crippen LogP contribution in [0.15, 0.2) is 48.5 Å². The average molecular weight is 353 g/mol. The van der Waals surface area contributed by atoms with Crippen LogP contribution in [0.2, 0.25) is 0 Å². The van der Waals surface area contributed by atoms with Gasteiger partial charge in [-0.3, -0.25) is 9.59 Å². The molecule has 1 N–H and O–H groups in total. The van der Waals surface area contributed by atoms with E-state index in [0.29, 0.717) is 36.8 Å². The lowest BCUT2D eigenvalue weighted by atomic mass is 9.89. The summed E-state index contributed by atoms with van der Waals surface area (Å²) in [5.74, 6) is -0.716. The number of ether oxygens (including phenoxy) is 2. The van der Waals surface area contributed by atoms with Gasteiger partial charge in [-0.05, 0) is 23.8 Å². The number of amides is 1. The van der Waals surface area contributed by atoms with E-state index < -0.39 is 11.9 Å². The lowest BCUT2D eigenvalue weighted by Gasteiger charge is -2.20. The molecular formula is C20H19NO5. The number of carbonyl (C=O) groups is 2. The Morgan fingerprint density at radius 3 is 2.42 bits per heavy atom. The Balaban J connectivity index is 1.58. The standard InChI is InChI=1S/C20H19NO5/c22-19(14-6-7-17-18(10-14)26-9-8-25-17)21-11-15(16(12-21)20(23)24)13-4-2-1-3-5-13/h1-7,10,15-16H,8-9,11-12H2,(H,23,24). The van der Waals surface area contributed by atoms with Crippen LogP contribution in [0.4, 0.5) is 0 Å². The average Bonchev–Trinajstić information content (AvgIpc) is 3.13. The molecule has 2 aromatic rings. The molecule has 0 radical (unpaired) electrons. The monoisotopic (exact) mass is 353 g/mol. The Morgan fingerprint density at radius 1 is 0.962 bits per heavy atom. The van der Waals surface area contributed by atoms with Gasteiger partial charge in [0.05, 0.1) is 5.92 Å². The Morgan fingerprint density at radius 2 is 1.69 bits per heavy atom. The maximum Gasteiger partial charge on any atom is 0.308 e. The van der Waals surface area contributed by atoms with Gasteiger partial charge in [-0.15, -0.1) is 0 Å². The fourth-order valence-corrected chi connectivity index (χ4v) is 3.62. The summed E-state index contributed by atoms with van der Waals surface area (Å²) in [4.78, 5) is 26.2. The van der Waals surface area contributed by atoms with E-state index in [1.165, 1.54) is 0 Å². The van der Waals surface area contributed by atoms with Crippen LogP contribution in [0, 0.1) is 5.92 Å². The first-order valence-corrected chi connectivity index (χ1v) is 8.60. The number of fused-ring (bicyclic) bond motifs is 1. The van der Waals surface area contributed by atoms with Crippen LogP contribution >= 0.6 is 0 Å². The minimum Gasteiger partial charge on any atom is -0.486 e. The van der Waals surface area contributed by atoms with Crippen molar-refractivity contribution in [3.8, 4) is 11.5 Å². The van der Waals surface area contributed by atoms with Crippen LogP contribution in [-0.4, -0.2) is 48.2 Å². The molecule has 26 heavy (non-hydrogen) atoms. The summed E-state index contributed by atoms with van der Waals surface area (Å²) in [6.45, 7) is 1.52. The normalized spacial score (nSPS) is 21.5. The SMILES string of the molecule is O=C(O)C1CN(C(=O)c2ccc3c(c2)OCCO3)CC1c1ccccc1. The molecule has 2 unspecified atom stereocenters. The molecule has 0 aromatic heterocycles. The number of hydrogen-bond donors (Lipinski definition) is 1. The van der Waals surface area contributed by atoms with E-state index in [-0.39, 0.29) is 18.4 Å². The van der Waals surface area contributed by atoms with Crippen LogP contribution in [0.3, 0.4) is 0 Å². The van der Waals surface area contributed by atoms with Gasteiger partial charge < -0.3 is 19.5 Å². The Hall–Kier alpha value is -3.02. The van der Waals surface area contributed by atoms with E-state index in [1.807, 2.05) is 30.3 Å². The van der Waals surface area contributed by atoms with E-state index in [2.05, 4.69) is 0 Å². The van der Waals surface area contributed by atoms with Gasteiger partial charge in [0.25, 0.3) is 5.91 Å². The van der Waals surface area contributed by atoms with E-state index >= 15 is 0 Å². The highest BCUT2D eigenvalue weighted by Gasteiger charge is 2.40. The van der Waals surface area contributed by atoms with E-state index in [0.717, 1.165) is 5.56 Å². The van der Waals surface area contributed by atoms with Crippen molar-refractivity contribution in [3.63, 3.8) is 0 Å². The molecular weight excluding hydrogens is 334 g/mol. The molecule has 0 aliphatic carbocycles. The lowest BCUT2D eigenvalue weighted by molar-refractivity contribution is -0.141. The molecule has 2 heterocycles. The highest BCUT2D eigenvalue weighted by molar-refractivity contribution is 5.95. The third-order valence-electron chi connectivity index (χ3n) is 4.94. The summed E-state index contributed by atoms with van der Waals surface area (Å²) in [7, 11) is 0. The van der Waals surface area contributed by atoms with Gasteiger partial charge in [0.15, 0.2) is 11.5 Å². The summed E-state index contributed by atoms with van der Waals surface area (Å²) >= 11 is 0. The first kappa shape index (κ1) is 16.4. The predicted molar refractivity (Wildman–Crippen MR) is 93.6 cm³/mol. The number of nitrogens with zero attached hydrogens (tertiary/aromatic N) is 1. The lowest BCUT2D eigenvalue weighted by Crippen LogP contribution is -2.30. The summed E-state index contributed by atoms with van der Waals surface area (Å²) in [6, 6.07) is 14.6. The van der Waals surface area contributed by atoms with Crippen LogP contribution in [0.25, 0.3) is 0 Å². The highest BCUT2D eigenvalue weighted by atomic mass is 16.6. The zero-order valence-corrected chi connectivity index (χ0v) is 14.1. The van der Waals surface area contributed by atoms with E-state index in [4.69, 9.17) is 9.47 Å². The second-order valence-electron chi connectivity index (χ2n) is 6.53. The van der Waals surface area contributed by atoms with E-state index in [9.17, 15) is 14.7 Å². The maximum absolute atomic E-state index is 12.9. The molecule has 0 spiro atoms. The zero-order chi connectivity index (χ0) is 18.1. The van der Waals surface area contributed by atoms with Gasteiger partial charge in [-0.2, -0.15) is 0 Å². The molecule has 2 aliphatic rings. The molecule has 6 nitrogen and oxygen atoms in total. The van der Waals surface area contributed by atoms with Crippen LogP contribution in [0.5, 0.6) is 11.5 Å². The molecule has 0 bridgehead atoms. The largest absolute Gasteiger partial charge is 0.486 e. The van der Waals surface area contributed by atoms with Crippen LogP contribution in [0.1, 0.15) is 21.8 Å². The highest BCUT2D eigenvalue weighted by Crippen LogP contribution is 2.35. The summed E-state index contributed by atoms with van der Waals surface area (Å²) in [5, 5.41) is 9.60. The Kier molecular flexibility index (Phi) is 4.24. The second-order valence-corrected chi connectivity index (χ2v) is 6.53. The van der Waals surface area contributed by atoms with Crippen molar-refractivity contribution < 1.29 is 24.2 Å². The van der Waals surface area contributed by atoms with Gasteiger partial charge in [-0.1, -0.05) is 30.3 Å². The summed E-state index contributed by atoms with van der Waals surface area (Å²) in [6.07, 6.45) is 0. The number of carboxylic acid groups (broad SMARTS) is 1. The molecule has 2 atom stereocenters. The first-order chi connectivity index (χ1) is 12.6. The van der Waals surface area contributed by atoms with Crippen LogP contribution in [-0.2, 0) is 4.79 Å². The van der Waals surface area contributed by atoms with Crippen molar-refractivity contribution >= 4 is 11.9 Å². The van der Waals surface area contributed by atoms with Gasteiger partial charge in [0.2, 0.25) is 0 Å². The molecule has 2 aromatic carbocycles. The molecule has 4 rings (SSSR count). The molecule has 0 saturated carbocycles. The van der Waals surface area contributed by atoms with Crippen molar-refractivity contribution in [1.29, 1.82) is 0 Å². The number of rotatable bonds is 3. The summed E-state index contributed by atoms with van der Waals surface area (Å²) < 4.78 is 11.0. The third kappa shape index (κ3) is 2.98. The fraction of sp³-hybridized carbons (Fsp3) is 0.300. The molecule has 2 aliphatic heterocycles. The number of aliphatic carboxylic acids is 1. The Bertz CT molecular complexity index is 835. The van der Waals surface area contributed by atoms with Crippen molar-refractivity contribution in [2.75, 3.05) is 26.3 Å². The van der Waals surface area contributed by atoms with Gasteiger partial charge >= 0.3 is 5.97 Å². The topological polar surface area (TPSA) is 76.1 Å². The van der Waals surface area contributed by atoms with Crippen molar-refractivity contribution in [2.24, 2.45) is 5.92 Å². The minimum absolute atomic E-state index is 0.188. The number of benzene rings is 2. The Labute approximate surface area is 151 Å². The molecule has 1 amide bonds. The van der Waals surface area contributed by atoms with Gasteiger partial charge in [-0.25, -0.2) is 0 Å². The van der Waals surface area contributed by atoms with Gasteiger partial charge in [0, 0.05) is 24.6 Å². The predicted octanol–water partition coefficient (Wildman–Crippen LogP) is 2.40. The minimum atomic E-state index is -0.878. The quantitative estimate of drug-likeness (QED) is 0.917. The second kappa shape index (κ2) is 6.71. The van der Waals surface area contributed by atoms with Crippen molar-refractivity contribution in [1.82, 2.24) is 4.90 Å². The van der Waals surface area contributed by atoms with Gasteiger partial charge in [0.1, 0.15) is 13.2 Å². The zero-order valence-electron chi connectivity index (χ0n) is 14.1. The van der Waals surface area contributed by atoms with E-state index in [1.54, 1.807) is 23.1 Å². The van der Waals surface area contributed by atoms with Crippen molar-refractivity contribution in [2.45, 2.75) is 5.92 Å². The maximum atomic E-state index is 12.9. The molecule has 1 saturated heterocycles. The number of carbonyl (C=O) groups excluding carboxylic acids is 1. The fourth-order valence-electron chi connectivity index (χ4n) is 3.62. The first-order valence-electron chi connectivity index (χ1n) is 8.60. The number of likely N-dealkylation sites (tertiary alicyclic amines) is 1. The molecule has 6 heteroatoms. The van der Waals surface area contributed by atoms with Crippen LogP contribution < -0.4 is 9.47 Å². The number of carboxylic acids is 1. The summed E-state index contributed by atoms with van der Waals surface area (Å²) in [5.41, 5.74) is 1.42. The smallest absolute Gasteiger partial charge is 0.308 e. The molecule has 1 fully saturated rings. The van der Waals surface area contributed by atoms with Crippen molar-refractivity contribution in [3.05, 3.63) is 59.7 Å². The third-order valence-corrected chi connectivity index (χ3v) is 4.94.